The Morgan fingerprint density at radius 1 is 1.19 bits per heavy atom. The molecule has 0 atom stereocenters. The number of rotatable bonds is 4. The van der Waals surface area contributed by atoms with Gasteiger partial charge in [-0.25, -0.2) is 0 Å². The molecule has 0 spiro atoms. The first-order valence-corrected chi connectivity index (χ1v) is 6.71. The van der Waals surface area contributed by atoms with Gasteiger partial charge in [0.2, 0.25) is 0 Å². The van der Waals surface area contributed by atoms with Crippen LogP contribution >= 0.6 is 15.9 Å². The van der Waals surface area contributed by atoms with Gasteiger partial charge in [-0.1, -0.05) is 6.92 Å². The summed E-state index contributed by atoms with van der Waals surface area (Å²) in [5, 5.41) is 0. The van der Waals surface area contributed by atoms with Gasteiger partial charge in [-0.3, -0.25) is 9.89 Å². The van der Waals surface area contributed by atoms with Gasteiger partial charge in [-0.05, 0) is 41.9 Å². The van der Waals surface area contributed by atoms with Crippen molar-refractivity contribution in [1.29, 1.82) is 0 Å². The van der Waals surface area contributed by atoms with Crippen molar-refractivity contribution < 1.29 is 0 Å². The third kappa shape index (κ3) is 5.23. The van der Waals surface area contributed by atoms with E-state index in [2.05, 4.69) is 44.6 Å². The monoisotopic (exact) mass is 287 g/mol. The summed E-state index contributed by atoms with van der Waals surface area (Å²) in [6, 6.07) is 0. The minimum Gasteiger partial charge on any atom is -0.301 e. The second-order valence-corrected chi connectivity index (χ2v) is 5.46. The zero-order valence-corrected chi connectivity index (χ0v) is 12.1. The fourth-order valence-corrected chi connectivity index (χ4v) is 1.96. The summed E-state index contributed by atoms with van der Waals surface area (Å²) in [5.41, 5.74) is 1.32. The number of hydrogen-bond donors (Lipinski definition) is 0. The molecule has 1 rings (SSSR count). The summed E-state index contributed by atoms with van der Waals surface area (Å²) in [4.78, 5) is 9.25. The van der Waals surface area contributed by atoms with Crippen LogP contribution in [0.25, 0.3) is 0 Å². The predicted molar refractivity (Wildman–Crippen MR) is 74.3 cm³/mol. The molecule has 0 bridgehead atoms. The Kier molecular flexibility index (Phi) is 6.24. The van der Waals surface area contributed by atoms with Crippen molar-refractivity contribution in [3.63, 3.8) is 0 Å². The lowest BCUT2D eigenvalue weighted by Gasteiger charge is -2.34. The van der Waals surface area contributed by atoms with E-state index in [1.807, 2.05) is 13.1 Å². The first-order valence-electron chi connectivity index (χ1n) is 5.92. The lowest BCUT2D eigenvalue weighted by Crippen LogP contribution is -2.46. The van der Waals surface area contributed by atoms with Crippen molar-refractivity contribution in [2.24, 2.45) is 4.99 Å². The molecule has 1 saturated heterocycles. The van der Waals surface area contributed by atoms with E-state index >= 15 is 0 Å². The Morgan fingerprint density at radius 2 is 1.75 bits per heavy atom. The Bertz CT molecular complexity index is 261. The Balaban J connectivity index is 2.33. The molecular formula is C12H22BrN3. The smallest absolute Gasteiger partial charge is 0.0798 e. The molecule has 16 heavy (non-hydrogen) atoms. The maximum absolute atomic E-state index is 4.26. The van der Waals surface area contributed by atoms with E-state index in [-0.39, 0.29) is 0 Å². The van der Waals surface area contributed by atoms with E-state index in [0.29, 0.717) is 0 Å². The molecule has 0 saturated carbocycles. The lowest BCUT2D eigenvalue weighted by atomic mass is 10.2. The largest absolute Gasteiger partial charge is 0.301 e. The highest BCUT2D eigenvalue weighted by Gasteiger charge is 2.14. The molecule has 0 aromatic heterocycles. The van der Waals surface area contributed by atoms with Crippen molar-refractivity contribution in [1.82, 2.24) is 9.80 Å². The number of nitrogens with zero attached hydrogens (tertiary/aromatic N) is 3. The van der Waals surface area contributed by atoms with E-state index in [1.54, 1.807) is 0 Å². The zero-order chi connectivity index (χ0) is 12.0. The molecular weight excluding hydrogens is 266 g/mol. The van der Waals surface area contributed by atoms with E-state index in [9.17, 15) is 0 Å². The highest BCUT2D eigenvalue weighted by molar-refractivity contribution is 9.18. The molecule has 1 aliphatic heterocycles. The standard InChI is InChI=1S/C12H22BrN3/c1-4-15-5-7-16(8-6-15)10-11(2)9-14-12(3)13/h9H,4-8,10H2,1-3H3/b11-9+,14-12?. The van der Waals surface area contributed by atoms with Crippen LogP contribution in [0.1, 0.15) is 20.8 Å². The molecule has 3 nitrogen and oxygen atoms in total. The number of likely N-dealkylation sites (N-methyl/N-ethyl adjacent to an activating group) is 1. The van der Waals surface area contributed by atoms with Crippen molar-refractivity contribution >= 4 is 20.6 Å². The van der Waals surface area contributed by atoms with Crippen LogP contribution in [-0.2, 0) is 0 Å². The normalized spacial score (nSPS) is 21.5. The molecule has 0 amide bonds. The Labute approximate surface area is 107 Å². The van der Waals surface area contributed by atoms with Crippen LogP contribution in [0.3, 0.4) is 0 Å². The van der Waals surface area contributed by atoms with Crippen LogP contribution in [0.2, 0.25) is 0 Å². The number of piperazine rings is 1. The van der Waals surface area contributed by atoms with Crippen LogP contribution in [0.15, 0.2) is 16.8 Å². The topological polar surface area (TPSA) is 18.8 Å². The van der Waals surface area contributed by atoms with Gasteiger partial charge in [0.1, 0.15) is 0 Å². The summed E-state index contributed by atoms with van der Waals surface area (Å²) in [7, 11) is 0. The van der Waals surface area contributed by atoms with Crippen molar-refractivity contribution in [3.05, 3.63) is 11.8 Å². The zero-order valence-electron chi connectivity index (χ0n) is 10.5. The average molecular weight is 288 g/mol. The summed E-state index contributed by atoms with van der Waals surface area (Å²) in [6.07, 6.45) is 1.95. The first kappa shape index (κ1) is 13.9. The third-order valence-corrected chi connectivity index (χ3v) is 3.05. The number of hydrogen-bond acceptors (Lipinski definition) is 3. The molecule has 0 aromatic rings. The Morgan fingerprint density at radius 3 is 2.25 bits per heavy atom. The van der Waals surface area contributed by atoms with Gasteiger partial charge in [-0.2, -0.15) is 0 Å². The van der Waals surface area contributed by atoms with Crippen molar-refractivity contribution in [2.45, 2.75) is 20.8 Å². The van der Waals surface area contributed by atoms with Gasteiger partial charge in [0.25, 0.3) is 0 Å². The molecule has 1 heterocycles. The molecule has 92 valence electrons. The fourth-order valence-electron chi connectivity index (χ4n) is 1.86. The molecule has 4 heteroatoms. The molecule has 0 unspecified atom stereocenters. The van der Waals surface area contributed by atoms with Gasteiger partial charge in [-0.15, -0.1) is 0 Å². The van der Waals surface area contributed by atoms with E-state index in [0.717, 1.165) is 11.2 Å². The van der Waals surface area contributed by atoms with Gasteiger partial charge in [0.15, 0.2) is 0 Å². The summed E-state index contributed by atoms with van der Waals surface area (Å²) >= 11 is 3.33. The number of halogens is 1. The average Bonchev–Trinajstić information content (AvgIpc) is 2.27. The highest BCUT2D eigenvalue weighted by atomic mass is 79.9. The maximum Gasteiger partial charge on any atom is 0.0798 e. The molecule has 0 radical (unpaired) electrons. The SMILES string of the molecule is CCN1CCN(C/C(C)=C/N=C(C)Br)CC1. The minimum absolute atomic E-state index is 0.933. The van der Waals surface area contributed by atoms with Crippen LogP contribution in [0.4, 0.5) is 0 Å². The van der Waals surface area contributed by atoms with Gasteiger partial charge >= 0.3 is 0 Å². The first-order chi connectivity index (χ1) is 7.61. The quantitative estimate of drug-likeness (QED) is 0.739. The van der Waals surface area contributed by atoms with E-state index < -0.39 is 0 Å². The summed E-state index contributed by atoms with van der Waals surface area (Å²) < 4.78 is 0.933. The second kappa shape index (κ2) is 7.20. The van der Waals surface area contributed by atoms with E-state index in [1.165, 1.54) is 38.3 Å². The number of aliphatic imine (C=N–C) groups is 1. The van der Waals surface area contributed by atoms with Crippen LogP contribution in [0.5, 0.6) is 0 Å². The van der Waals surface area contributed by atoms with Gasteiger partial charge in [0, 0.05) is 38.9 Å². The molecule has 0 aromatic carbocycles. The summed E-state index contributed by atoms with van der Waals surface area (Å²) in [6.45, 7) is 13.3. The second-order valence-electron chi connectivity index (χ2n) is 4.31. The van der Waals surface area contributed by atoms with E-state index in [4.69, 9.17) is 0 Å². The maximum atomic E-state index is 4.26. The van der Waals surface area contributed by atoms with Crippen LogP contribution in [-0.4, -0.2) is 53.7 Å². The molecule has 0 aliphatic carbocycles. The third-order valence-electron chi connectivity index (χ3n) is 2.85. The predicted octanol–water partition coefficient (Wildman–Crippen LogP) is 2.34. The van der Waals surface area contributed by atoms with Crippen molar-refractivity contribution in [2.75, 3.05) is 39.3 Å². The highest BCUT2D eigenvalue weighted by Crippen LogP contribution is 2.05. The lowest BCUT2D eigenvalue weighted by molar-refractivity contribution is 0.146. The summed E-state index contributed by atoms with van der Waals surface area (Å²) in [5.74, 6) is 0. The minimum atomic E-state index is 0.933. The van der Waals surface area contributed by atoms with Gasteiger partial charge < -0.3 is 4.90 Å². The fraction of sp³-hybridized carbons (Fsp3) is 0.750. The Hall–Kier alpha value is -0.190. The molecule has 1 fully saturated rings. The van der Waals surface area contributed by atoms with Crippen LogP contribution in [0, 0.1) is 0 Å². The van der Waals surface area contributed by atoms with Crippen molar-refractivity contribution in [3.8, 4) is 0 Å². The molecule has 0 N–H and O–H groups in total. The molecule has 1 aliphatic rings. The van der Waals surface area contributed by atoms with Crippen LogP contribution < -0.4 is 0 Å². The van der Waals surface area contributed by atoms with Gasteiger partial charge in [0.05, 0.1) is 4.62 Å².